The number of benzene rings is 1. The topological polar surface area (TPSA) is 82.2 Å². The first-order valence-electron chi connectivity index (χ1n) is 6.97. The van der Waals surface area contributed by atoms with Gasteiger partial charge in [-0.15, -0.1) is 12.4 Å². The average molecular weight is 313 g/mol. The summed E-state index contributed by atoms with van der Waals surface area (Å²) in [7, 11) is 0. The zero-order valence-electron chi connectivity index (χ0n) is 12.9. The number of halogens is 1. The number of anilines is 1. The van der Waals surface area contributed by atoms with E-state index in [9.17, 15) is 4.79 Å². The zero-order chi connectivity index (χ0) is 15.1. The monoisotopic (exact) mass is 312 g/mol. The van der Waals surface area contributed by atoms with Crippen LogP contribution in [0.25, 0.3) is 0 Å². The summed E-state index contributed by atoms with van der Waals surface area (Å²) in [5.41, 5.74) is 8.11. The summed E-state index contributed by atoms with van der Waals surface area (Å²) in [6.45, 7) is 6.52. The maximum atomic E-state index is 12.2. The molecule has 0 fully saturated rings. The van der Waals surface area contributed by atoms with Crippen molar-refractivity contribution >= 4 is 30.1 Å². The Hall–Kier alpha value is -1.75. The number of rotatable bonds is 5. The van der Waals surface area contributed by atoms with Gasteiger partial charge in [-0.2, -0.15) is 0 Å². The van der Waals surface area contributed by atoms with Gasteiger partial charge in [0.2, 0.25) is 5.96 Å². The molecule has 0 spiro atoms. The number of nitrogens with two attached hydrogens (primary N) is 1. The molecule has 0 bridgehead atoms. The molecule has 0 aromatic heterocycles. The van der Waals surface area contributed by atoms with E-state index in [0.29, 0.717) is 12.2 Å². The summed E-state index contributed by atoms with van der Waals surface area (Å²) in [4.78, 5) is 13.5. The molecule has 2 amide bonds. The lowest BCUT2D eigenvalue weighted by molar-refractivity contribution is 0.248. The molecule has 1 aromatic carbocycles. The molecule has 0 atom stereocenters. The van der Waals surface area contributed by atoms with Crippen LogP contribution in [0.15, 0.2) is 18.2 Å². The van der Waals surface area contributed by atoms with E-state index in [-0.39, 0.29) is 24.4 Å². The van der Waals surface area contributed by atoms with Gasteiger partial charge in [-0.3, -0.25) is 5.41 Å². The first kappa shape index (κ1) is 19.2. The Bertz CT molecular complexity index is 470. The lowest BCUT2D eigenvalue weighted by atomic mass is 10.1. The van der Waals surface area contributed by atoms with Crippen molar-refractivity contribution in [2.24, 2.45) is 5.73 Å². The minimum Gasteiger partial charge on any atom is -0.369 e. The Labute approximate surface area is 132 Å². The van der Waals surface area contributed by atoms with Gasteiger partial charge < -0.3 is 11.1 Å². The first-order valence-corrected chi connectivity index (χ1v) is 6.97. The van der Waals surface area contributed by atoms with E-state index in [0.717, 1.165) is 30.4 Å². The fraction of sp³-hybridized carbons (Fsp3) is 0.467. The van der Waals surface area contributed by atoms with E-state index in [1.165, 1.54) is 4.90 Å². The van der Waals surface area contributed by atoms with E-state index < -0.39 is 0 Å². The van der Waals surface area contributed by atoms with Crippen LogP contribution in [0.2, 0.25) is 0 Å². The van der Waals surface area contributed by atoms with Crippen molar-refractivity contribution < 1.29 is 4.79 Å². The average Bonchev–Trinajstić information content (AvgIpc) is 2.38. The number of nitrogens with one attached hydrogen (secondary N) is 2. The van der Waals surface area contributed by atoms with Gasteiger partial charge in [0, 0.05) is 6.54 Å². The Kier molecular flexibility index (Phi) is 8.47. The summed E-state index contributed by atoms with van der Waals surface area (Å²) in [5, 5.41) is 10.5. The largest absolute Gasteiger partial charge is 0.369 e. The highest BCUT2D eigenvalue weighted by atomic mass is 35.5. The second-order valence-electron chi connectivity index (χ2n) is 4.90. The number of urea groups is 1. The van der Waals surface area contributed by atoms with Crippen molar-refractivity contribution in [1.82, 2.24) is 5.32 Å². The molecule has 1 rings (SSSR count). The standard InChI is InChI=1S/C15H24N4O.ClH/c1-4-5-6-10-18-15(20)19(14(16)17)13-11(2)8-7-9-12(13)3;/h7-9H,4-6,10H2,1-3H3,(H3,16,17)(H,18,20);1H. The van der Waals surface area contributed by atoms with Crippen LogP contribution >= 0.6 is 12.4 Å². The molecule has 1 aromatic rings. The molecule has 4 N–H and O–H groups in total. The predicted octanol–water partition coefficient (Wildman–Crippen LogP) is 3.32. The van der Waals surface area contributed by atoms with Crippen molar-refractivity contribution in [1.29, 1.82) is 5.41 Å². The number of amides is 2. The fourth-order valence-electron chi connectivity index (χ4n) is 2.14. The second kappa shape index (κ2) is 9.23. The molecule has 6 heteroatoms. The molecular formula is C15H25ClN4O. The maximum absolute atomic E-state index is 12.2. The lowest BCUT2D eigenvalue weighted by Gasteiger charge is -2.24. The van der Waals surface area contributed by atoms with Crippen molar-refractivity contribution in [3.05, 3.63) is 29.3 Å². The molecule has 0 saturated heterocycles. The Morgan fingerprint density at radius 3 is 2.33 bits per heavy atom. The van der Waals surface area contributed by atoms with E-state index >= 15 is 0 Å². The molecule has 5 nitrogen and oxygen atoms in total. The molecule has 0 aliphatic carbocycles. The normalized spacial score (nSPS) is 9.67. The number of nitrogens with zero attached hydrogens (tertiary/aromatic N) is 1. The highest BCUT2D eigenvalue weighted by Gasteiger charge is 2.21. The van der Waals surface area contributed by atoms with Gasteiger partial charge in [-0.25, -0.2) is 9.69 Å². The van der Waals surface area contributed by atoms with E-state index in [1.54, 1.807) is 0 Å². The number of unbranched alkanes of at least 4 members (excludes halogenated alkanes) is 2. The van der Waals surface area contributed by atoms with Crippen LogP contribution in [0, 0.1) is 19.3 Å². The van der Waals surface area contributed by atoms with Crippen LogP contribution in [0.3, 0.4) is 0 Å². The molecule has 0 aliphatic rings. The second-order valence-corrected chi connectivity index (χ2v) is 4.90. The van der Waals surface area contributed by atoms with Crippen molar-refractivity contribution in [2.75, 3.05) is 11.4 Å². The van der Waals surface area contributed by atoms with E-state index in [4.69, 9.17) is 11.1 Å². The molecule has 0 radical (unpaired) electrons. The highest BCUT2D eigenvalue weighted by molar-refractivity contribution is 6.14. The summed E-state index contributed by atoms with van der Waals surface area (Å²) in [5.74, 6) is -0.268. The molecular weight excluding hydrogens is 288 g/mol. The zero-order valence-corrected chi connectivity index (χ0v) is 13.7. The van der Waals surface area contributed by atoms with Crippen LogP contribution in [0.4, 0.5) is 10.5 Å². The summed E-state index contributed by atoms with van der Waals surface area (Å²) < 4.78 is 0. The number of carbonyl (C=O) groups excluding carboxylic acids is 1. The van der Waals surface area contributed by atoms with Gasteiger partial charge in [-0.1, -0.05) is 38.0 Å². The van der Waals surface area contributed by atoms with Crippen LogP contribution in [-0.2, 0) is 0 Å². The summed E-state index contributed by atoms with van der Waals surface area (Å²) >= 11 is 0. The fourth-order valence-corrected chi connectivity index (χ4v) is 2.14. The number of aryl methyl sites for hydroxylation is 2. The number of guanidine groups is 1. The Morgan fingerprint density at radius 2 is 1.86 bits per heavy atom. The SMILES string of the molecule is CCCCCNC(=O)N(C(=N)N)c1c(C)cccc1C.Cl. The molecule has 0 unspecified atom stereocenters. The van der Waals surface area contributed by atoms with Crippen LogP contribution < -0.4 is 16.0 Å². The molecule has 21 heavy (non-hydrogen) atoms. The first-order chi connectivity index (χ1) is 9.49. The summed E-state index contributed by atoms with van der Waals surface area (Å²) in [6.07, 6.45) is 3.10. The maximum Gasteiger partial charge on any atom is 0.328 e. The number of hydrogen-bond donors (Lipinski definition) is 3. The third-order valence-corrected chi connectivity index (χ3v) is 3.16. The van der Waals surface area contributed by atoms with Gasteiger partial charge in [-0.05, 0) is 31.4 Å². The van der Waals surface area contributed by atoms with Crippen LogP contribution in [-0.4, -0.2) is 18.5 Å². The highest BCUT2D eigenvalue weighted by Crippen LogP contribution is 2.24. The van der Waals surface area contributed by atoms with Crippen LogP contribution in [0.1, 0.15) is 37.3 Å². The number of hydrogen-bond acceptors (Lipinski definition) is 2. The molecule has 0 heterocycles. The van der Waals surface area contributed by atoms with E-state index in [2.05, 4.69) is 12.2 Å². The smallest absolute Gasteiger partial charge is 0.328 e. The summed E-state index contributed by atoms with van der Waals surface area (Å²) in [6, 6.07) is 5.39. The molecule has 0 aliphatic heterocycles. The quantitative estimate of drug-likeness (QED) is 0.443. The van der Waals surface area contributed by atoms with Crippen LogP contribution in [0.5, 0.6) is 0 Å². The van der Waals surface area contributed by atoms with Gasteiger partial charge in [0.1, 0.15) is 0 Å². The minimum atomic E-state index is -0.342. The number of para-hydroxylation sites is 1. The predicted molar refractivity (Wildman–Crippen MR) is 90.5 cm³/mol. The molecule has 118 valence electrons. The van der Waals surface area contributed by atoms with Crippen molar-refractivity contribution in [3.63, 3.8) is 0 Å². The van der Waals surface area contributed by atoms with Gasteiger partial charge in [0.05, 0.1) is 5.69 Å². The van der Waals surface area contributed by atoms with Crippen molar-refractivity contribution in [2.45, 2.75) is 40.0 Å². The van der Waals surface area contributed by atoms with Gasteiger partial charge in [0.15, 0.2) is 0 Å². The van der Waals surface area contributed by atoms with Crippen molar-refractivity contribution in [3.8, 4) is 0 Å². The molecule has 0 saturated carbocycles. The Morgan fingerprint density at radius 1 is 1.29 bits per heavy atom. The van der Waals surface area contributed by atoms with Gasteiger partial charge >= 0.3 is 6.03 Å². The third kappa shape index (κ3) is 5.27. The Balaban J connectivity index is 0.00000400. The van der Waals surface area contributed by atoms with E-state index in [1.807, 2.05) is 32.0 Å². The van der Waals surface area contributed by atoms with Gasteiger partial charge in [0.25, 0.3) is 0 Å². The third-order valence-electron chi connectivity index (χ3n) is 3.16. The number of carbonyl (C=O) groups is 1. The minimum absolute atomic E-state index is 0. The lowest BCUT2D eigenvalue weighted by Crippen LogP contribution is -2.48.